The fourth-order valence-electron chi connectivity index (χ4n) is 2.30. The molecule has 5 heteroatoms. The van der Waals surface area contributed by atoms with Crippen molar-refractivity contribution in [2.24, 2.45) is 5.92 Å². The van der Waals surface area contributed by atoms with Crippen LogP contribution >= 0.6 is 0 Å². The average Bonchev–Trinajstić information content (AvgIpc) is 2.30. The van der Waals surface area contributed by atoms with Crippen LogP contribution in [-0.2, 0) is 9.59 Å². The Morgan fingerprint density at radius 3 is 2.88 bits per heavy atom. The van der Waals surface area contributed by atoms with Crippen LogP contribution in [0.25, 0.3) is 0 Å². The van der Waals surface area contributed by atoms with Crippen molar-refractivity contribution in [2.45, 2.75) is 31.7 Å². The Morgan fingerprint density at radius 1 is 1.31 bits per heavy atom. The second-order valence-electron chi connectivity index (χ2n) is 4.59. The molecular formula is C11H19N3O2. The van der Waals surface area contributed by atoms with Gasteiger partial charge in [0.25, 0.3) is 0 Å². The minimum absolute atomic E-state index is 0.00632. The summed E-state index contributed by atoms with van der Waals surface area (Å²) in [6.07, 6.45) is 3.25. The van der Waals surface area contributed by atoms with Crippen LogP contribution in [-0.4, -0.2) is 37.5 Å². The SMILES string of the molecule is O=C1CC(C(=O)N[C@H]2CCCNC2)CCN1. The molecule has 3 N–H and O–H groups in total. The maximum atomic E-state index is 11.9. The molecule has 90 valence electrons. The molecule has 0 spiro atoms. The molecule has 0 aliphatic carbocycles. The van der Waals surface area contributed by atoms with Crippen molar-refractivity contribution in [3.63, 3.8) is 0 Å². The van der Waals surface area contributed by atoms with E-state index in [0.717, 1.165) is 32.4 Å². The van der Waals surface area contributed by atoms with E-state index in [1.54, 1.807) is 0 Å². The molecule has 2 fully saturated rings. The van der Waals surface area contributed by atoms with Crippen molar-refractivity contribution in [2.75, 3.05) is 19.6 Å². The first-order chi connectivity index (χ1) is 7.75. The molecule has 0 bridgehead atoms. The zero-order chi connectivity index (χ0) is 11.4. The fourth-order valence-corrected chi connectivity index (χ4v) is 2.30. The first kappa shape index (κ1) is 11.4. The number of hydrogen-bond acceptors (Lipinski definition) is 3. The van der Waals surface area contributed by atoms with Crippen molar-refractivity contribution < 1.29 is 9.59 Å². The molecule has 0 aromatic heterocycles. The molecule has 2 saturated heterocycles. The molecular weight excluding hydrogens is 206 g/mol. The van der Waals surface area contributed by atoms with E-state index in [2.05, 4.69) is 16.0 Å². The Bertz CT molecular complexity index is 274. The summed E-state index contributed by atoms with van der Waals surface area (Å²) in [5.74, 6) is -0.0904. The lowest BCUT2D eigenvalue weighted by molar-refractivity contribution is -0.132. The molecule has 0 aromatic carbocycles. The van der Waals surface area contributed by atoms with Crippen molar-refractivity contribution in [1.82, 2.24) is 16.0 Å². The number of piperidine rings is 2. The predicted octanol–water partition coefficient (Wildman–Crippen LogP) is -0.619. The van der Waals surface area contributed by atoms with Gasteiger partial charge in [-0.3, -0.25) is 9.59 Å². The van der Waals surface area contributed by atoms with Gasteiger partial charge in [0.05, 0.1) is 0 Å². The van der Waals surface area contributed by atoms with Crippen LogP contribution in [0.5, 0.6) is 0 Å². The fraction of sp³-hybridized carbons (Fsp3) is 0.818. The van der Waals surface area contributed by atoms with E-state index < -0.39 is 0 Å². The van der Waals surface area contributed by atoms with Crippen molar-refractivity contribution in [3.05, 3.63) is 0 Å². The highest BCUT2D eigenvalue weighted by Gasteiger charge is 2.27. The molecule has 0 radical (unpaired) electrons. The van der Waals surface area contributed by atoms with Crippen molar-refractivity contribution in [3.8, 4) is 0 Å². The van der Waals surface area contributed by atoms with Gasteiger partial charge in [-0.1, -0.05) is 0 Å². The summed E-state index contributed by atoms with van der Waals surface area (Å²) >= 11 is 0. The summed E-state index contributed by atoms with van der Waals surface area (Å²) in [7, 11) is 0. The second kappa shape index (κ2) is 5.30. The number of carbonyl (C=O) groups excluding carboxylic acids is 2. The second-order valence-corrected chi connectivity index (χ2v) is 4.59. The van der Waals surface area contributed by atoms with E-state index in [1.807, 2.05) is 0 Å². The summed E-state index contributed by atoms with van der Waals surface area (Å²) < 4.78 is 0. The van der Waals surface area contributed by atoms with Gasteiger partial charge >= 0.3 is 0 Å². The molecule has 16 heavy (non-hydrogen) atoms. The Kier molecular flexibility index (Phi) is 3.77. The van der Waals surface area contributed by atoms with Crippen LogP contribution < -0.4 is 16.0 Å². The van der Waals surface area contributed by atoms with E-state index >= 15 is 0 Å². The van der Waals surface area contributed by atoms with Crippen LogP contribution in [0.2, 0.25) is 0 Å². The van der Waals surface area contributed by atoms with E-state index in [0.29, 0.717) is 13.0 Å². The molecule has 2 heterocycles. The van der Waals surface area contributed by atoms with Gasteiger partial charge in [-0.25, -0.2) is 0 Å². The lowest BCUT2D eigenvalue weighted by Gasteiger charge is -2.27. The smallest absolute Gasteiger partial charge is 0.223 e. The maximum Gasteiger partial charge on any atom is 0.223 e. The third-order valence-electron chi connectivity index (χ3n) is 3.26. The van der Waals surface area contributed by atoms with Gasteiger partial charge in [0.15, 0.2) is 0 Å². The summed E-state index contributed by atoms with van der Waals surface area (Å²) in [4.78, 5) is 23.1. The highest BCUT2D eigenvalue weighted by molar-refractivity contribution is 5.87. The van der Waals surface area contributed by atoms with Gasteiger partial charge in [-0.15, -0.1) is 0 Å². The summed E-state index contributed by atoms with van der Waals surface area (Å²) in [5, 5.41) is 9.02. The predicted molar refractivity (Wildman–Crippen MR) is 59.8 cm³/mol. The summed E-state index contributed by atoms with van der Waals surface area (Å²) in [6, 6.07) is 0.242. The summed E-state index contributed by atoms with van der Waals surface area (Å²) in [5.41, 5.74) is 0. The standard InChI is InChI=1S/C11H19N3O2/c15-10-6-8(3-5-13-10)11(16)14-9-2-1-4-12-7-9/h8-9,12H,1-7H2,(H,13,15)(H,14,16)/t8?,9-/m0/s1. The number of nitrogens with one attached hydrogen (secondary N) is 3. The molecule has 1 unspecified atom stereocenters. The first-order valence-corrected chi connectivity index (χ1v) is 6.03. The first-order valence-electron chi connectivity index (χ1n) is 6.03. The molecule has 2 aliphatic heterocycles. The monoisotopic (exact) mass is 225 g/mol. The Labute approximate surface area is 95.3 Å². The minimum atomic E-state index is -0.129. The zero-order valence-electron chi connectivity index (χ0n) is 9.42. The average molecular weight is 225 g/mol. The Morgan fingerprint density at radius 2 is 2.19 bits per heavy atom. The highest BCUT2D eigenvalue weighted by atomic mass is 16.2. The molecule has 0 saturated carbocycles. The minimum Gasteiger partial charge on any atom is -0.356 e. The van der Waals surface area contributed by atoms with E-state index in [-0.39, 0.29) is 23.8 Å². The topological polar surface area (TPSA) is 70.2 Å². The van der Waals surface area contributed by atoms with Crippen molar-refractivity contribution in [1.29, 1.82) is 0 Å². The van der Waals surface area contributed by atoms with Crippen LogP contribution in [0.15, 0.2) is 0 Å². The molecule has 2 aliphatic rings. The van der Waals surface area contributed by atoms with Gasteiger partial charge in [0, 0.05) is 31.5 Å². The lowest BCUT2D eigenvalue weighted by Crippen LogP contribution is -2.49. The number of hydrogen-bond donors (Lipinski definition) is 3. The molecule has 2 atom stereocenters. The molecule has 2 rings (SSSR count). The van der Waals surface area contributed by atoms with Gasteiger partial charge in [0.1, 0.15) is 0 Å². The third kappa shape index (κ3) is 2.95. The van der Waals surface area contributed by atoms with Gasteiger partial charge < -0.3 is 16.0 Å². The van der Waals surface area contributed by atoms with E-state index in [4.69, 9.17) is 0 Å². The number of carbonyl (C=O) groups is 2. The largest absolute Gasteiger partial charge is 0.356 e. The Hall–Kier alpha value is -1.10. The summed E-state index contributed by atoms with van der Waals surface area (Å²) in [6.45, 7) is 2.52. The quantitative estimate of drug-likeness (QED) is 0.586. The molecule has 5 nitrogen and oxygen atoms in total. The van der Waals surface area contributed by atoms with E-state index in [1.165, 1.54) is 0 Å². The third-order valence-corrected chi connectivity index (χ3v) is 3.26. The van der Waals surface area contributed by atoms with Gasteiger partial charge in [-0.05, 0) is 25.8 Å². The van der Waals surface area contributed by atoms with Crippen molar-refractivity contribution >= 4 is 11.8 Å². The maximum absolute atomic E-state index is 11.9. The van der Waals surface area contributed by atoms with E-state index in [9.17, 15) is 9.59 Å². The number of rotatable bonds is 2. The Balaban J connectivity index is 1.79. The highest BCUT2D eigenvalue weighted by Crippen LogP contribution is 2.13. The molecule has 0 aromatic rings. The van der Waals surface area contributed by atoms with Crippen LogP contribution in [0.4, 0.5) is 0 Å². The van der Waals surface area contributed by atoms with Crippen LogP contribution in [0.1, 0.15) is 25.7 Å². The van der Waals surface area contributed by atoms with Gasteiger partial charge in [-0.2, -0.15) is 0 Å². The normalized spacial score (nSPS) is 30.6. The molecule has 2 amide bonds. The number of amides is 2. The zero-order valence-corrected chi connectivity index (χ0v) is 9.42. The van der Waals surface area contributed by atoms with Crippen LogP contribution in [0, 0.1) is 5.92 Å². The van der Waals surface area contributed by atoms with Gasteiger partial charge in [0.2, 0.25) is 11.8 Å². The van der Waals surface area contributed by atoms with Crippen LogP contribution in [0.3, 0.4) is 0 Å². The lowest BCUT2D eigenvalue weighted by atomic mass is 9.96.